The Hall–Kier alpha value is -2.41. The van der Waals surface area contributed by atoms with Gasteiger partial charge >= 0.3 is 0 Å². The Balaban J connectivity index is 1.64. The first-order valence-electron chi connectivity index (χ1n) is 8.81. The van der Waals surface area contributed by atoms with Crippen LogP contribution in [0, 0.1) is 12.8 Å². The number of carbonyl (C=O) groups is 1. The third-order valence-corrected chi connectivity index (χ3v) is 4.84. The standard InChI is InChI=1S/C19H25N3O4/c1-13-20-19(26-21-13)16-11-22(10-15(16)12-24-2)18(23)9-8-14-6-4-5-7-17(14)25-3/h4-7,15-16H,8-12H2,1-3H3/t15-,16+/m0/s1. The summed E-state index contributed by atoms with van der Waals surface area (Å²) in [6.07, 6.45) is 1.09. The van der Waals surface area contributed by atoms with Gasteiger partial charge in [0.25, 0.3) is 0 Å². The number of aryl methyl sites for hydroxylation is 2. The fraction of sp³-hybridized carbons (Fsp3) is 0.526. The number of benzene rings is 1. The van der Waals surface area contributed by atoms with E-state index in [0.717, 1.165) is 11.3 Å². The van der Waals surface area contributed by atoms with Crippen LogP contribution in [0.25, 0.3) is 0 Å². The highest BCUT2D eigenvalue weighted by Gasteiger charge is 2.39. The molecule has 7 heteroatoms. The zero-order chi connectivity index (χ0) is 18.5. The van der Waals surface area contributed by atoms with Crippen LogP contribution in [0.3, 0.4) is 0 Å². The summed E-state index contributed by atoms with van der Waals surface area (Å²) in [6, 6.07) is 7.80. The van der Waals surface area contributed by atoms with Crippen LogP contribution in [0.5, 0.6) is 5.75 Å². The Morgan fingerprint density at radius 3 is 2.81 bits per heavy atom. The van der Waals surface area contributed by atoms with Gasteiger partial charge in [0.2, 0.25) is 11.8 Å². The van der Waals surface area contributed by atoms with Gasteiger partial charge < -0.3 is 18.9 Å². The van der Waals surface area contributed by atoms with Crippen LogP contribution in [0.15, 0.2) is 28.8 Å². The van der Waals surface area contributed by atoms with Crippen LogP contribution in [0.2, 0.25) is 0 Å². The maximum Gasteiger partial charge on any atom is 0.231 e. The molecule has 2 aromatic rings. The molecule has 2 atom stereocenters. The Morgan fingerprint density at radius 1 is 1.31 bits per heavy atom. The molecular formula is C19H25N3O4. The van der Waals surface area contributed by atoms with E-state index in [1.165, 1.54) is 0 Å². The van der Waals surface area contributed by atoms with Crippen LogP contribution in [-0.2, 0) is 16.0 Å². The van der Waals surface area contributed by atoms with Crippen molar-refractivity contribution in [1.29, 1.82) is 0 Å². The van der Waals surface area contributed by atoms with Gasteiger partial charge in [-0.1, -0.05) is 23.4 Å². The highest BCUT2D eigenvalue weighted by molar-refractivity contribution is 5.77. The molecule has 140 valence electrons. The van der Waals surface area contributed by atoms with Crippen LogP contribution in [-0.4, -0.2) is 54.9 Å². The first kappa shape index (κ1) is 18.4. The van der Waals surface area contributed by atoms with Gasteiger partial charge in [-0.25, -0.2) is 0 Å². The third kappa shape index (κ3) is 4.04. The van der Waals surface area contributed by atoms with Gasteiger partial charge in [0.15, 0.2) is 5.82 Å². The molecule has 1 fully saturated rings. The van der Waals surface area contributed by atoms with E-state index in [1.807, 2.05) is 29.2 Å². The summed E-state index contributed by atoms with van der Waals surface area (Å²) in [5, 5.41) is 3.88. The van der Waals surface area contributed by atoms with Gasteiger partial charge in [-0.15, -0.1) is 0 Å². The highest BCUT2D eigenvalue weighted by atomic mass is 16.5. The number of carbonyl (C=O) groups excluding carboxylic acids is 1. The second-order valence-electron chi connectivity index (χ2n) is 6.61. The molecule has 0 aliphatic carbocycles. The molecule has 0 saturated carbocycles. The minimum absolute atomic E-state index is 0.0198. The molecular weight excluding hydrogens is 334 g/mol. The van der Waals surface area contributed by atoms with Crippen LogP contribution in [0.4, 0.5) is 0 Å². The van der Waals surface area contributed by atoms with E-state index in [1.54, 1.807) is 21.1 Å². The van der Waals surface area contributed by atoms with Crippen molar-refractivity contribution in [2.45, 2.75) is 25.7 Å². The molecule has 1 amide bonds. The lowest BCUT2D eigenvalue weighted by Crippen LogP contribution is -2.29. The molecule has 26 heavy (non-hydrogen) atoms. The molecule has 1 saturated heterocycles. The average molecular weight is 359 g/mol. The molecule has 7 nitrogen and oxygen atoms in total. The van der Waals surface area contributed by atoms with Gasteiger partial charge in [-0.3, -0.25) is 4.79 Å². The Kier molecular flexibility index (Phi) is 5.88. The number of rotatable bonds is 7. The first-order valence-corrected chi connectivity index (χ1v) is 8.81. The first-order chi connectivity index (χ1) is 12.6. The van der Waals surface area contributed by atoms with Gasteiger partial charge in [0.05, 0.1) is 19.6 Å². The molecule has 0 bridgehead atoms. The number of hydrogen-bond acceptors (Lipinski definition) is 6. The number of hydrogen-bond donors (Lipinski definition) is 0. The van der Waals surface area contributed by atoms with E-state index in [0.29, 0.717) is 44.3 Å². The van der Waals surface area contributed by atoms with Crippen molar-refractivity contribution in [2.75, 3.05) is 33.9 Å². The number of likely N-dealkylation sites (tertiary alicyclic amines) is 1. The normalized spacial score (nSPS) is 19.7. The predicted molar refractivity (Wildman–Crippen MR) is 95.0 cm³/mol. The van der Waals surface area contributed by atoms with E-state index >= 15 is 0 Å². The molecule has 0 N–H and O–H groups in total. The summed E-state index contributed by atoms with van der Waals surface area (Å²) in [5.74, 6) is 2.32. The number of para-hydroxylation sites is 1. The zero-order valence-corrected chi connectivity index (χ0v) is 15.5. The minimum Gasteiger partial charge on any atom is -0.496 e. The highest BCUT2D eigenvalue weighted by Crippen LogP contribution is 2.32. The van der Waals surface area contributed by atoms with Gasteiger partial charge in [-0.2, -0.15) is 4.98 Å². The topological polar surface area (TPSA) is 77.7 Å². The van der Waals surface area contributed by atoms with Crippen molar-refractivity contribution in [3.63, 3.8) is 0 Å². The molecule has 1 aliphatic rings. The van der Waals surface area contributed by atoms with Crippen molar-refractivity contribution < 1.29 is 18.8 Å². The van der Waals surface area contributed by atoms with E-state index in [2.05, 4.69) is 10.1 Å². The third-order valence-electron chi connectivity index (χ3n) is 4.84. The number of amides is 1. The van der Waals surface area contributed by atoms with Gasteiger partial charge in [0, 0.05) is 32.5 Å². The summed E-state index contributed by atoms with van der Waals surface area (Å²) < 4.78 is 16.0. The quantitative estimate of drug-likeness (QED) is 0.754. The monoisotopic (exact) mass is 359 g/mol. The molecule has 2 heterocycles. The number of nitrogens with zero attached hydrogens (tertiary/aromatic N) is 3. The molecule has 0 unspecified atom stereocenters. The van der Waals surface area contributed by atoms with Gasteiger partial charge in [0.1, 0.15) is 5.75 Å². The Labute approximate surface area is 153 Å². The smallest absolute Gasteiger partial charge is 0.231 e. The Bertz CT molecular complexity index is 746. The van der Waals surface area contributed by atoms with Crippen LogP contribution < -0.4 is 4.74 Å². The molecule has 1 aromatic heterocycles. The maximum absolute atomic E-state index is 12.7. The average Bonchev–Trinajstić information content (AvgIpc) is 3.26. The number of aromatic nitrogens is 2. The van der Waals surface area contributed by atoms with Crippen molar-refractivity contribution in [1.82, 2.24) is 15.0 Å². The summed E-state index contributed by atoms with van der Waals surface area (Å²) in [6.45, 7) is 3.58. The lowest BCUT2D eigenvalue weighted by molar-refractivity contribution is -0.130. The van der Waals surface area contributed by atoms with Gasteiger partial charge in [-0.05, 0) is 25.0 Å². The largest absolute Gasteiger partial charge is 0.496 e. The van der Waals surface area contributed by atoms with E-state index < -0.39 is 0 Å². The molecule has 1 aliphatic heterocycles. The summed E-state index contributed by atoms with van der Waals surface area (Å²) in [5.41, 5.74) is 1.04. The zero-order valence-electron chi connectivity index (χ0n) is 15.5. The molecule has 3 rings (SSSR count). The van der Waals surface area contributed by atoms with Crippen molar-refractivity contribution >= 4 is 5.91 Å². The summed E-state index contributed by atoms with van der Waals surface area (Å²) in [7, 11) is 3.32. The van der Waals surface area contributed by atoms with Crippen molar-refractivity contribution in [2.24, 2.45) is 5.92 Å². The van der Waals surface area contributed by atoms with Crippen LogP contribution in [0.1, 0.15) is 29.6 Å². The number of methoxy groups -OCH3 is 2. The minimum atomic E-state index is 0.0198. The lowest BCUT2D eigenvalue weighted by atomic mass is 9.97. The number of ether oxygens (including phenoxy) is 2. The van der Waals surface area contributed by atoms with E-state index in [4.69, 9.17) is 14.0 Å². The van der Waals surface area contributed by atoms with E-state index in [-0.39, 0.29) is 17.7 Å². The predicted octanol–water partition coefficient (Wildman–Crippen LogP) is 2.21. The fourth-order valence-corrected chi connectivity index (χ4v) is 3.51. The second kappa shape index (κ2) is 8.31. The summed E-state index contributed by atoms with van der Waals surface area (Å²) >= 11 is 0. The van der Waals surface area contributed by atoms with Crippen molar-refractivity contribution in [3.05, 3.63) is 41.5 Å². The maximum atomic E-state index is 12.7. The molecule has 0 radical (unpaired) electrons. The SMILES string of the molecule is COC[C@@H]1CN(C(=O)CCc2ccccc2OC)C[C@H]1c1nc(C)no1. The molecule has 0 spiro atoms. The second-order valence-corrected chi connectivity index (χ2v) is 6.61. The van der Waals surface area contributed by atoms with Crippen LogP contribution >= 0.6 is 0 Å². The fourth-order valence-electron chi connectivity index (χ4n) is 3.51. The Morgan fingerprint density at radius 2 is 2.12 bits per heavy atom. The van der Waals surface area contributed by atoms with Crippen molar-refractivity contribution in [3.8, 4) is 5.75 Å². The lowest BCUT2D eigenvalue weighted by Gasteiger charge is -2.16. The van der Waals surface area contributed by atoms with E-state index in [9.17, 15) is 4.79 Å². The summed E-state index contributed by atoms with van der Waals surface area (Å²) in [4.78, 5) is 19.0. The molecule has 1 aromatic carbocycles.